The van der Waals surface area contributed by atoms with Crippen LogP contribution in [0.1, 0.15) is 41.5 Å². The highest BCUT2D eigenvalue weighted by molar-refractivity contribution is 7.99. The minimum absolute atomic E-state index is 0.175. The number of hydrogen-bond acceptors (Lipinski definition) is 6. The Morgan fingerprint density at radius 2 is 1.54 bits per heavy atom. The lowest BCUT2D eigenvalue weighted by Crippen LogP contribution is -2.40. The van der Waals surface area contributed by atoms with Gasteiger partial charge in [0.2, 0.25) is 10.3 Å². The molecule has 3 rings (SSSR count). The second kappa shape index (κ2) is 8.53. The highest BCUT2D eigenvalue weighted by atomic mass is 32.2. The summed E-state index contributed by atoms with van der Waals surface area (Å²) in [6.45, 7) is 5.75. The van der Waals surface area contributed by atoms with E-state index < -0.39 is 0 Å². The third-order valence-corrected chi connectivity index (χ3v) is 5.10. The molecule has 0 atom stereocenters. The molecule has 2 N–H and O–H groups in total. The Morgan fingerprint density at radius 3 is 2.14 bits per heavy atom. The lowest BCUT2D eigenvalue weighted by atomic mass is 10.1. The lowest BCUT2D eigenvalue weighted by Gasteiger charge is -2.20. The summed E-state index contributed by atoms with van der Waals surface area (Å²) in [5.41, 5.74) is 0.629. The van der Waals surface area contributed by atoms with Crippen molar-refractivity contribution in [1.29, 1.82) is 0 Å². The van der Waals surface area contributed by atoms with E-state index in [1.54, 1.807) is 24.3 Å². The quantitative estimate of drug-likeness (QED) is 0.646. The van der Waals surface area contributed by atoms with Crippen LogP contribution in [0.2, 0.25) is 0 Å². The third-order valence-electron chi connectivity index (χ3n) is 3.48. The Balaban J connectivity index is 1.61. The van der Waals surface area contributed by atoms with Crippen LogP contribution in [0.15, 0.2) is 64.6 Å². The second-order valence-corrected chi connectivity index (χ2v) is 8.83. The molecule has 0 saturated heterocycles. The number of aromatic nitrogens is 2. The van der Waals surface area contributed by atoms with Crippen molar-refractivity contribution < 1.29 is 9.59 Å². The zero-order valence-electron chi connectivity index (χ0n) is 15.7. The van der Waals surface area contributed by atoms with Crippen LogP contribution in [0.5, 0.6) is 0 Å². The predicted molar refractivity (Wildman–Crippen MR) is 112 cm³/mol. The van der Waals surface area contributed by atoms with E-state index in [9.17, 15) is 9.59 Å². The molecule has 0 unspecified atom stereocenters. The van der Waals surface area contributed by atoms with Crippen molar-refractivity contribution in [3.63, 3.8) is 0 Å². The highest BCUT2D eigenvalue weighted by Gasteiger charge is 2.16. The zero-order chi connectivity index (χ0) is 20.1. The Morgan fingerprint density at radius 1 is 0.929 bits per heavy atom. The van der Waals surface area contributed by atoms with Crippen LogP contribution in [0.3, 0.4) is 0 Å². The number of anilines is 1. The normalized spacial score (nSPS) is 11.1. The maximum atomic E-state index is 12.4. The average molecular weight is 413 g/mol. The van der Waals surface area contributed by atoms with Crippen LogP contribution >= 0.6 is 23.3 Å². The fourth-order valence-electron chi connectivity index (χ4n) is 2.25. The van der Waals surface area contributed by atoms with Gasteiger partial charge >= 0.3 is 0 Å². The smallest absolute Gasteiger partial charge is 0.257 e. The van der Waals surface area contributed by atoms with Crippen molar-refractivity contribution >= 4 is 40.2 Å². The highest BCUT2D eigenvalue weighted by Crippen LogP contribution is 2.27. The molecular weight excluding hydrogens is 392 g/mol. The van der Waals surface area contributed by atoms with E-state index in [2.05, 4.69) is 20.0 Å². The van der Waals surface area contributed by atoms with E-state index in [1.807, 2.05) is 51.1 Å². The van der Waals surface area contributed by atoms with Gasteiger partial charge in [-0.25, -0.2) is 0 Å². The fraction of sp³-hybridized carbons (Fsp3) is 0.200. The summed E-state index contributed by atoms with van der Waals surface area (Å²) in [5.74, 6) is -0.471. The number of amides is 2. The zero-order valence-corrected chi connectivity index (χ0v) is 17.4. The first-order valence-electron chi connectivity index (χ1n) is 8.61. The summed E-state index contributed by atoms with van der Waals surface area (Å²) >= 11 is 2.56. The van der Waals surface area contributed by atoms with Gasteiger partial charge in [-0.2, -0.15) is 9.36 Å². The summed E-state index contributed by atoms with van der Waals surface area (Å²) in [5, 5.41) is 6.64. The van der Waals surface area contributed by atoms with Gasteiger partial charge in [0, 0.05) is 33.1 Å². The largest absolute Gasteiger partial charge is 0.347 e. The number of hydrogen-bond donors (Lipinski definition) is 2. The Kier molecular flexibility index (Phi) is 6.11. The monoisotopic (exact) mass is 412 g/mol. The van der Waals surface area contributed by atoms with Gasteiger partial charge < -0.3 is 5.32 Å². The van der Waals surface area contributed by atoms with Gasteiger partial charge in [0.05, 0.1) is 0 Å². The summed E-state index contributed by atoms with van der Waals surface area (Å²) in [6.07, 6.45) is 0. The summed E-state index contributed by atoms with van der Waals surface area (Å²) in [7, 11) is 0. The fourth-order valence-corrected chi connectivity index (χ4v) is 3.68. The molecule has 0 bridgehead atoms. The van der Waals surface area contributed by atoms with Crippen LogP contribution in [0, 0.1) is 0 Å². The van der Waals surface area contributed by atoms with E-state index in [4.69, 9.17) is 0 Å². The molecule has 0 aliphatic carbocycles. The van der Waals surface area contributed by atoms with Crippen LogP contribution in [-0.4, -0.2) is 26.7 Å². The minimum atomic E-state index is -0.319. The second-order valence-electron chi connectivity index (χ2n) is 7.03. The van der Waals surface area contributed by atoms with Crippen molar-refractivity contribution in [1.82, 2.24) is 14.7 Å². The number of nitrogens with zero attached hydrogens (tertiary/aromatic N) is 2. The van der Waals surface area contributed by atoms with Gasteiger partial charge in [-0.05, 0) is 68.9 Å². The maximum Gasteiger partial charge on any atom is 0.257 e. The lowest BCUT2D eigenvalue weighted by molar-refractivity contribution is 0.0918. The van der Waals surface area contributed by atoms with E-state index in [0.717, 1.165) is 16.4 Å². The molecule has 0 fully saturated rings. The Labute approximate surface area is 172 Å². The minimum Gasteiger partial charge on any atom is -0.347 e. The maximum absolute atomic E-state index is 12.4. The average Bonchev–Trinajstić information content (AvgIpc) is 3.08. The van der Waals surface area contributed by atoms with Gasteiger partial charge in [-0.15, -0.1) is 0 Å². The van der Waals surface area contributed by atoms with Crippen molar-refractivity contribution in [3.8, 4) is 0 Å². The number of rotatable bonds is 5. The van der Waals surface area contributed by atoms with Crippen LogP contribution in [0.4, 0.5) is 5.13 Å². The Hall–Kier alpha value is -2.71. The van der Waals surface area contributed by atoms with Crippen LogP contribution < -0.4 is 10.6 Å². The van der Waals surface area contributed by atoms with E-state index in [-0.39, 0.29) is 17.4 Å². The standard InChI is InChI=1S/C20H20N4O2S2/c1-20(2,3)23-17(26)14-11-9-13(10-12-14)16(25)21-18-22-19(24-28-18)27-15-7-5-4-6-8-15/h4-12H,1-3H3,(H,23,26)(H,21,22,24,25). The molecule has 0 aliphatic rings. The van der Waals surface area contributed by atoms with Gasteiger partial charge in [-0.3, -0.25) is 14.9 Å². The number of carbonyl (C=O) groups is 2. The number of benzene rings is 2. The van der Waals surface area contributed by atoms with Gasteiger partial charge in [0.25, 0.3) is 11.8 Å². The van der Waals surface area contributed by atoms with Gasteiger partial charge in [-0.1, -0.05) is 18.2 Å². The molecule has 28 heavy (non-hydrogen) atoms. The molecule has 3 aromatic rings. The molecule has 144 valence electrons. The topological polar surface area (TPSA) is 84.0 Å². The first-order valence-corrected chi connectivity index (χ1v) is 10.2. The van der Waals surface area contributed by atoms with E-state index >= 15 is 0 Å². The molecule has 1 aromatic heterocycles. The first-order chi connectivity index (χ1) is 13.3. The molecule has 1 heterocycles. The molecule has 2 amide bonds. The van der Waals surface area contributed by atoms with Crippen molar-refractivity contribution in [3.05, 3.63) is 65.7 Å². The molecule has 0 saturated carbocycles. The van der Waals surface area contributed by atoms with Crippen molar-refractivity contribution in [2.45, 2.75) is 36.4 Å². The molecule has 8 heteroatoms. The molecule has 6 nitrogen and oxygen atoms in total. The van der Waals surface area contributed by atoms with Crippen LogP contribution in [-0.2, 0) is 0 Å². The predicted octanol–water partition coefficient (Wildman–Crippen LogP) is 4.47. The van der Waals surface area contributed by atoms with E-state index in [1.165, 1.54) is 11.8 Å². The Bertz CT molecular complexity index is 964. The van der Waals surface area contributed by atoms with E-state index in [0.29, 0.717) is 21.4 Å². The van der Waals surface area contributed by atoms with Gasteiger partial charge in [0.15, 0.2) is 0 Å². The SMILES string of the molecule is CC(C)(C)NC(=O)c1ccc(C(=O)Nc2nc(Sc3ccccc3)ns2)cc1. The summed E-state index contributed by atoms with van der Waals surface area (Å²) in [6, 6.07) is 16.3. The van der Waals surface area contributed by atoms with Crippen LogP contribution in [0.25, 0.3) is 0 Å². The van der Waals surface area contributed by atoms with Crippen molar-refractivity contribution in [2.75, 3.05) is 5.32 Å². The first kappa shape index (κ1) is 20.0. The molecule has 0 spiro atoms. The molecule has 0 radical (unpaired) electrons. The van der Waals surface area contributed by atoms with Gasteiger partial charge in [0.1, 0.15) is 0 Å². The molecule has 0 aliphatic heterocycles. The molecule has 2 aromatic carbocycles. The number of carbonyl (C=O) groups excluding carboxylic acids is 2. The third kappa shape index (κ3) is 5.64. The molecular formula is C20H20N4O2S2. The summed E-state index contributed by atoms with van der Waals surface area (Å²) in [4.78, 5) is 29.9. The summed E-state index contributed by atoms with van der Waals surface area (Å²) < 4.78 is 4.26. The van der Waals surface area contributed by atoms with Crippen molar-refractivity contribution in [2.24, 2.45) is 0 Å². The number of nitrogens with one attached hydrogen (secondary N) is 2.